The molecule has 6 heavy (non-hydrogen) atoms. The smallest absolute Gasteiger partial charge is 0.197 e. The SMILES string of the molecule is C[CH2][Zn][CH2]C.S. The third kappa shape index (κ3) is 8.88. The van der Waals surface area contributed by atoms with Crippen molar-refractivity contribution in [3.8, 4) is 0 Å². The molecule has 0 fully saturated rings. The Morgan fingerprint density at radius 3 is 1.50 bits per heavy atom. The Bertz CT molecular complexity index is 15.0. The Hall–Kier alpha value is 0.973. The molecule has 0 atom stereocenters. The molecule has 0 heterocycles. The molecule has 0 N–H and O–H groups in total. The normalized spacial score (nSPS) is 5.67. The van der Waals surface area contributed by atoms with Crippen molar-refractivity contribution < 1.29 is 17.1 Å². The van der Waals surface area contributed by atoms with Gasteiger partial charge < -0.3 is 0 Å². The second kappa shape index (κ2) is 9.36. The van der Waals surface area contributed by atoms with Crippen LogP contribution in [0, 0.1) is 0 Å². The van der Waals surface area contributed by atoms with E-state index >= 15 is 0 Å². The van der Waals surface area contributed by atoms with Crippen LogP contribution in [-0.2, 0) is 17.1 Å². The molecule has 0 saturated carbocycles. The van der Waals surface area contributed by atoms with E-state index in [4.69, 9.17) is 0 Å². The van der Waals surface area contributed by atoms with E-state index < -0.39 is 0 Å². The minimum Gasteiger partial charge on any atom is -0.197 e. The average molecular weight is 158 g/mol. The summed E-state index contributed by atoms with van der Waals surface area (Å²) in [6.07, 6.45) is 0. The molecule has 0 bridgehead atoms. The summed E-state index contributed by atoms with van der Waals surface area (Å²) < 4.78 is 0. The van der Waals surface area contributed by atoms with Crippen LogP contribution in [-0.4, -0.2) is 0 Å². The third-order valence-corrected chi connectivity index (χ3v) is 3.67. The second-order valence-electron chi connectivity index (χ2n) is 1.35. The van der Waals surface area contributed by atoms with Crippen LogP contribution < -0.4 is 0 Å². The monoisotopic (exact) mass is 156 g/mol. The minimum absolute atomic E-state index is 0. The van der Waals surface area contributed by atoms with Gasteiger partial charge in [-0.3, -0.25) is 0 Å². The molecule has 0 aliphatic carbocycles. The van der Waals surface area contributed by atoms with E-state index in [0.29, 0.717) is 0 Å². The molecule has 0 radical (unpaired) electrons. The van der Waals surface area contributed by atoms with E-state index in [-0.39, 0.29) is 30.6 Å². The predicted octanol–water partition coefficient (Wildman–Crippen LogP) is 2.06. The first-order valence-electron chi connectivity index (χ1n) is 2.41. The van der Waals surface area contributed by atoms with Gasteiger partial charge in [-0.25, -0.2) is 0 Å². The zero-order valence-electron chi connectivity index (χ0n) is 4.62. The fourth-order valence-electron chi connectivity index (χ4n) is 0.354. The molecule has 0 nitrogen and oxygen atoms in total. The van der Waals surface area contributed by atoms with Crippen LogP contribution in [0.3, 0.4) is 0 Å². The van der Waals surface area contributed by atoms with Gasteiger partial charge in [0.05, 0.1) is 0 Å². The largest absolute Gasteiger partial charge is 0.197 e. The van der Waals surface area contributed by atoms with E-state index in [0.717, 1.165) is 0 Å². The molecule has 2 heteroatoms. The Morgan fingerprint density at radius 1 is 1.17 bits per heavy atom. The Balaban J connectivity index is 0. The minimum atomic E-state index is 0. The van der Waals surface area contributed by atoms with Crippen molar-refractivity contribution >= 4 is 13.5 Å². The van der Waals surface area contributed by atoms with E-state index in [1.165, 1.54) is 10.0 Å². The number of hydrogen-bond acceptors (Lipinski definition) is 0. The summed E-state index contributed by atoms with van der Waals surface area (Å²) in [5.74, 6) is 0. The number of hydrogen-bond donors (Lipinski definition) is 0. The summed E-state index contributed by atoms with van der Waals surface area (Å²) in [7, 11) is 0. The molecule has 0 aliphatic rings. The standard InChI is InChI=1S/2C2H5.H2S.Zn/c2*1-2;;/h2*1H2,2H3;1H2;. The molecule has 36 valence electrons. The molecular formula is C4H12SZn. The van der Waals surface area contributed by atoms with Crippen molar-refractivity contribution in [2.45, 2.75) is 23.9 Å². The zero-order chi connectivity index (χ0) is 4.12. The first kappa shape index (κ1) is 10.1. The maximum absolute atomic E-state index is 2.30. The van der Waals surface area contributed by atoms with Crippen LogP contribution in [0.15, 0.2) is 0 Å². The molecule has 0 aromatic carbocycles. The zero-order valence-corrected chi connectivity index (χ0v) is 8.59. The summed E-state index contributed by atoms with van der Waals surface area (Å²) in [5.41, 5.74) is 0. The van der Waals surface area contributed by atoms with Gasteiger partial charge in [-0.2, -0.15) is 13.5 Å². The topological polar surface area (TPSA) is 0 Å². The van der Waals surface area contributed by atoms with Gasteiger partial charge in [0.1, 0.15) is 0 Å². The van der Waals surface area contributed by atoms with E-state index in [2.05, 4.69) is 13.8 Å². The Labute approximate surface area is 54.7 Å². The molecule has 0 aromatic heterocycles. The molecule has 0 rings (SSSR count). The molecule has 0 unspecified atom stereocenters. The van der Waals surface area contributed by atoms with Gasteiger partial charge in [0.15, 0.2) is 0 Å². The van der Waals surface area contributed by atoms with Crippen LogP contribution in [0.25, 0.3) is 0 Å². The molecule has 0 aliphatic heterocycles. The van der Waals surface area contributed by atoms with Crippen LogP contribution in [0.1, 0.15) is 13.8 Å². The van der Waals surface area contributed by atoms with Crippen LogP contribution in [0.2, 0.25) is 10.0 Å². The summed E-state index contributed by atoms with van der Waals surface area (Å²) in [6, 6.07) is 0. The fraction of sp³-hybridized carbons (Fsp3) is 1.00. The van der Waals surface area contributed by atoms with Gasteiger partial charge in [-0.15, -0.1) is 0 Å². The molecule has 0 spiro atoms. The average Bonchev–Trinajstić information content (AvgIpc) is 1.41. The van der Waals surface area contributed by atoms with Crippen LogP contribution in [0.4, 0.5) is 0 Å². The summed E-state index contributed by atoms with van der Waals surface area (Å²) in [5, 5.41) is 3.06. The summed E-state index contributed by atoms with van der Waals surface area (Å²) in [6.45, 7) is 4.59. The number of rotatable bonds is 2. The van der Waals surface area contributed by atoms with Crippen molar-refractivity contribution in [1.82, 2.24) is 0 Å². The summed E-state index contributed by atoms with van der Waals surface area (Å²) in [4.78, 5) is 0. The van der Waals surface area contributed by atoms with E-state index in [1.807, 2.05) is 0 Å². The fourth-order valence-corrected chi connectivity index (χ4v) is 1.84. The van der Waals surface area contributed by atoms with Gasteiger partial charge in [0, 0.05) is 0 Å². The van der Waals surface area contributed by atoms with E-state index in [1.54, 1.807) is 0 Å². The molecular weight excluding hydrogens is 146 g/mol. The van der Waals surface area contributed by atoms with Crippen LogP contribution >= 0.6 is 13.5 Å². The van der Waals surface area contributed by atoms with Crippen molar-refractivity contribution in [3.05, 3.63) is 0 Å². The maximum atomic E-state index is 2.30. The third-order valence-electron chi connectivity index (χ3n) is 0.707. The first-order valence-corrected chi connectivity index (χ1v) is 6.61. The Kier molecular flexibility index (Phi) is 15.7. The predicted molar refractivity (Wildman–Crippen MR) is 31.3 cm³/mol. The maximum Gasteiger partial charge on any atom is -0.197 e. The van der Waals surface area contributed by atoms with Crippen molar-refractivity contribution in [2.24, 2.45) is 0 Å². The summed E-state index contributed by atoms with van der Waals surface area (Å²) >= 11 is 0.0972. The first-order chi connectivity index (χ1) is 2.41. The molecule has 0 amide bonds. The van der Waals surface area contributed by atoms with Crippen LogP contribution in [0.5, 0.6) is 0 Å². The van der Waals surface area contributed by atoms with Crippen molar-refractivity contribution in [3.63, 3.8) is 0 Å². The Morgan fingerprint density at radius 2 is 1.50 bits per heavy atom. The quantitative estimate of drug-likeness (QED) is 0.539. The van der Waals surface area contributed by atoms with Crippen molar-refractivity contribution in [1.29, 1.82) is 0 Å². The van der Waals surface area contributed by atoms with E-state index in [9.17, 15) is 0 Å². The molecule has 0 saturated heterocycles. The van der Waals surface area contributed by atoms with Gasteiger partial charge in [-0.1, -0.05) is 0 Å². The van der Waals surface area contributed by atoms with Gasteiger partial charge >= 0.3 is 41.0 Å². The van der Waals surface area contributed by atoms with Crippen molar-refractivity contribution in [2.75, 3.05) is 0 Å². The van der Waals surface area contributed by atoms with Gasteiger partial charge in [-0.05, 0) is 0 Å². The van der Waals surface area contributed by atoms with Gasteiger partial charge in [0.2, 0.25) is 0 Å². The molecule has 0 aromatic rings. The van der Waals surface area contributed by atoms with Gasteiger partial charge in [0.25, 0.3) is 0 Å². The second-order valence-corrected chi connectivity index (χ2v) is 7.03.